The summed E-state index contributed by atoms with van der Waals surface area (Å²) >= 11 is 0. The van der Waals surface area contributed by atoms with Crippen LogP contribution < -0.4 is 11.1 Å². The maximum Gasteiger partial charge on any atom is 0.228 e. The molecule has 1 aliphatic heterocycles. The van der Waals surface area contributed by atoms with Crippen LogP contribution in [0.2, 0.25) is 0 Å². The van der Waals surface area contributed by atoms with E-state index in [-0.39, 0.29) is 12.4 Å². The number of primary amides is 1. The minimum Gasteiger partial charge on any atom is -0.388 e. The van der Waals surface area contributed by atoms with Crippen LogP contribution in [-0.2, 0) is 10.5 Å². The largest absolute Gasteiger partial charge is 0.388 e. The molecule has 0 radical (unpaired) electrons. The lowest BCUT2D eigenvalue weighted by Gasteiger charge is -2.44. The van der Waals surface area contributed by atoms with Crippen LogP contribution in [0.25, 0.3) is 44.2 Å². The van der Waals surface area contributed by atoms with Gasteiger partial charge in [-0.1, -0.05) is 48.6 Å². The summed E-state index contributed by atoms with van der Waals surface area (Å²) in [5.41, 5.74) is 7.98. The number of hydrogen-bond acceptors (Lipinski definition) is 5. The van der Waals surface area contributed by atoms with Crippen LogP contribution in [0.1, 0.15) is 12.8 Å². The number of nitrogens with two attached hydrogens (primary N) is 1. The molecule has 1 saturated heterocycles. The molecule has 9 heteroatoms. The molecule has 214 valence electrons. The van der Waals surface area contributed by atoms with Crippen LogP contribution in [0.4, 0.5) is 4.39 Å². The molecule has 0 bridgehead atoms. The summed E-state index contributed by atoms with van der Waals surface area (Å²) in [6.07, 6.45) is 8.81. The molecular weight excluding hydrogens is 531 g/mol. The van der Waals surface area contributed by atoms with E-state index in [0.29, 0.717) is 29.7 Å². The van der Waals surface area contributed by atoms with E-state index < -0.39 is 23.1 Å². The highest BCUT2D eigenvalue weighted by Crippen LogP contribution is 2.43. The molecule has 3 aromatic carbocycles. The molecule has 5 aromatic rings. The minimum atomic E-state index is -1.09. The Bertz CT molecular complexity index is 1900. The number of nitrogens with one attached hydrogen (secondary N) is 2. The van der Waals surface area contributed by atoms with Crippen molar-refractivity contribution >= 4 is 38.7 Å². The number of benzene rings is 3. The molecule has 42 heavy (non-hydrogen) atoms. The standard InChI is InChI=1S/C33H33FN6O2/c1-39-17-15-32(42,16-18-39)20-36-33(14-5-4-9-24(33)30(35)41)40-27-10-3-2-7-22(27)29-23(8-6-11-28(29)40)31-37-25-13-12-21(34)19-26(25)38-31/h2-14,19,24,36,42H,15-18,20H2,1H3,(H2,35,41)(H,37,38). The number of rotatable bonds is 6. The summed E-state index contributed by atoms with van der Waals surface area (Å²) in [5.74, 6) is -0.909. The average molecular weight is 565 g/mol. The molecule has 2 unspecified atom stereocenters. The van der Waals surface area contributed by atoms with Crippen LogP contribution in [0.15, 0.2) is 85.0 Å². The Balaban J connectivity index is 1.46. The topological polar surface area (TPSA) is 112 Å². The summed E-state index contributed by atoms with van der Waals surface area (Å²) in [7, 11) is 2.06. The Hall–Kier alpha value is -4.31. The predicted molar refractivity (Wildman–Crippen MR) is 163 cm³/mol. The number of carbonyl (C=O) groups is 1. The van der Waals surface area contributed by atoms with Crippen LogP contribution in [-0.4, -0.2) is 62.7 Å². The number of likely N-dealkylation sites (tertiary alicyclic amines) is 1. The number of piperidine rings is 1. The number of amides is 1. The molecule has 1 amide bonds. The Kier molecular flexibility index (Phi) is 6.27. The molecule has 1 aliphatic carbocycles. The van der Waals surface area contributed by atoms with Crippen molar-refractivity contribution in [2.75, 3.05) is 26.7 Å². The van der Waals surface area contributed by atoms with Crippen LogP contribution in [0.5, 0.6) is 0 Å². The first-order valence-corrected chi connectivity index (χ1v) is 14.3. The van der Waals surface area contributed by atoms with Gasteiger partial charge < -0.3 is 25.3 Å². The number of allylic oxidation sites excluding steroid dienone is 2. The SMILES string of the molecule is CN1CCC(O)(CNC2(n3c4ccccc4c4c(-c5nc6ccc(F)cc6[nH]5)cccc43)C=CC=CC2C(N)=O)CC1. The Morgan fingerprint density at radius 1 is 1.12 bits per heavy atom. The van der Waals surface area contributed by atoms with Crippen molar-refractivity contribution in [1.29, 1.82) is 0 Å². The van der Waals surface area contributed by atoms with Crippen LogP contribution in [0, 0.1) is 11.7 Å². The van der Waals surface area contributed by atoms with Crippen molar-refractivity contribution < 1.29 is 14.3 Å². The fraction of sp³-hybridized carbons (Fsp3) is 0.273. The van der Waals surface area contributed by atoms with Crippen molar-refractivity contribution in [3.8, 4) is 11.4 Å². The summed E-state index contributed by atoms with van der Waals surface area (Å²) < 4.78 is 16.1. The number of aromatic nitrogens is 3. The van der Waals surface area contributed by atoms with Crippen LogP contribution >= 0.6 is 0 Å². The lowest BCUT2D eigenvalue weighted by molar-refractivity contribution is -0.123. The number of halogens is 1. The van der Waals surface area contributed by atoms with Gasteiger partial charge in [0, 0.05) is 36.0 Å². The third kappa shape index (κ3) is 4.24. The lowest BCUT2D eigenvalue weighted by Crippen LogP contribution is -2.60. The highest BCUT2D eigenvalue weighted by atomic mass is 19.1. The second kappa shape index (κ2) is 9.90. The Labute approximate surface area is 242 Å². The number of nitrogens with zero attached hydrogens (tertiary/aromatic N) is 3. The Morgan fingerprint density at radius 2 is 1.90 bits per heavy atom. The molecule has 7 rings (SSSR count). The fourth-order valence-electron chi connectivity index (χ4n) is 6.64. The van der Waals surface area contributed by atoms with Gasteiger partial charge in [0.15, 0.2) is 0 Å². The number of fused-ring (bicyclic) bond motifs is 4. The number of carbonyl (C=O) groups excluding carboxylic acids is 1. The van der Waals surface area contributed by atoms with Crippen molar-refractivity contribution in [3.63, 3.8) is 0 Å². The number of hydrogen-bond donors (Lipinski definition) is 4. The number of aromatic amines is 1. The van der Waals surface area contributed by atoms with Crippen molar-refractivity contribution in [1.82, 2.24) is 24.8 Å². The molecule has 0 saturated carbocycles. The van der Waals surface area contributed by atoms with Crippen LogP contribution in [0.3, 0.4) is 0 Å². The first-order chi connectivity index (χ1) is 20.3. The van der Waals surface area contributed by atoms with E-state index in [9.17, 15) is 14.3 Å². The molecule has 5 N–H and O–H groups in total. The molecule has 2 aliphatic rings. The second-order valence-corrected chi connectivity index (χ2v) is 11.6. The quantitative estimate of drug-likeness (QED) is 0.244. The van der Waals surface area contributed by atoms with E-state index in [1.54, 1.807) is 6.07 Å². The summed E-state index contributed by atoms with van der Waals surface area (Å²) in [5, 5.41) is 17.1. The van der Waals surface area contributed by atoms with Gasteiger partial charge in [0.2, 0.25) is 5.91 Å². The second-order valence-electron chi connectivity index (χ2n) is 11.6. The van der Waals surface area contributed by atoms with Crippen molar-refractivity contribution in [3.05, 3.63) is 90.8 Å². The third-order valence-corrected chi connectivity index (χ3v) is 8.93. The molecule has 3 heterocycles. The molecular formula is C33H33FN6O2. The predicted octanol–water partition coefficient (Wildman–Crippen LogP) is 4.40. The fourth-order valence-corrected chi connectivity index (χ4v) is 6.64. The van der Waals surface area contributed by atoms with Gasteiger partial charge in [0.05, 0.1) is 33.6 Å². The van der Waals surface area contributed by atoms with Gasteiger partial charge in [0.25, 0.3) is 0 Å². The molecule has 0 spiro atoms. The zero-order chi connectivity index (χ0) is 29.1. The van der Waals surface area contributed by atoms with Crippen molar-refractivity contribution in [2.24, 2.45) is 11.7 Å². The van der Waals surface area contributed by atoms with Gasteiger partial charge >= 0.3 is 0 Å². The number of H-pyrrole nitrogens is 1. The zero-order valence-electron chi connectivity index (χ0n) is 23.3. The summed E-state index contributed by atoms with van der Waals surface area (Å²) in [6, 6.07) is 18.5. The maximum atomic E-state index is 14.0. The van der Waals surface area contributed by atoms with Gasteiger partial charge in [0.1, 0.15) is 17.3 Å². The monoisotopic (exact) mass is 564 g/mol. The number of imidazole rings is 1. The maximum absolute atomic E-state index is 14.0. The van der Waals surface area contributed by atoms with Crippen molar-refractivity contribution in [2.45, 2.75) is 24.1 Å². The summed E-state index contributed by atoms with van der Waals surface area (Å²) in [6.45, 7) is 1.87. The van der Waals surface area contributed by atoms with Gasteiger partial charge in [-0.3, -0.25) is 10.1 Å². The normalized spacial score (nSPS) is 22.4. The number of para-hydroxylation sites is 1. The van der Waals surface area contributed by atoms with Gasteiger partial charge in [-0.25, -0.2) is 9.37 Å². The Morgan fingerprint density at radius 3 is 2.71 bits per heavy atom. The summed E-state index contributed by atoms with van der Waals surface area (Å²) in [4.78, 5) is 23.4. The number of aliphatic hydroxyl groups is 1. The van der Waals surface area contributed by atoms with E-state index in [1.807, 2.05) is 60.7 Å². The zero-order valence-corrected chi connectivity index (χ0v) is 23.3. The van der Waals surface area contributed by atoms with E-state index in [4.69, 9.17) is 10.7 Å². The molecule has 8 nitrogen and oxygen atoms in total. The highest BCUT2D eigenvalue weighted by molar-refractivity contribution is 6.15. The minimum absolute atomic E-state index is 0.283. The lowest BCUT2D eigenvalue weighted by atomic mass is 9.84. The molecule has 2 aromatic heterocycles. The van der Waals surface area contributed by atoms with E-state index in [0.717, 1.165) is 40.5 Å². The molecule has 2 atom stereocenters. The smallest absolute Gasteiger partial charge is 0.228 e. The highest BCUT2D eigenvalue weighted by Gasteiger charge is 2.45. The first kappa shape index (κ1) is 26.6. The van der Waals surface area contributed by atoms with Gasteiger partial charge in [-0.05, 0) is 56.3 Å². The van der Waals surface area contributed by atoms with E-state index in [1.165, 1.54) is 12.1 Å². The molecule has 1 fully saturated rings. The third-order valence-electron chi connectivity index (χ3n) is 8.93. The van der Waals surface area contributed by atoms with Gasteiger partial charge in [-0.15, -0.1) is 0 Å². The van der Waals surface area contributed by atoms with E-state index in [2.05, 4.69) is 32.9 Å². The average Bonchev–Trinajstić information content (AvgIpc) is 3.57. The first-order valence-electron chi connectivity index (χ1n) is 14.3. The van der Waals surface area contributed by atoms with Gasteiger partial charge in [-0.2, -0.15) is 0 Å². The van der Waals surface area contributed by atoms with E-state index >= 15 is 0 Å².